The lowest BCUT2D eigenvalue weighted by atomic mass is 10.1. The van der Waals surface area contributed by atoms with Crippen molar-refractivity contribution in [2.45, 2.75) is 0 Å². The van der Waals surface area contributed by atoms with E-state index in [9.17, 15) is 14.7 Å². The van der Waals surface area contributed by atoms with Crippen LogP contribution in [-0.2, 0) is 11.8 Å². The van der Waals surface area contributed by atoms with Gasteiger partial charge in [-0.05, 0) is 6.07 Å². The summed E-state index contributed by atoms with van der Waals surface area (Å²) >= 11 is 0. The highest BCUT2D eigenvalue weighted by molar-refractivity contribution is 6.00. The normalized spacial score (nSPS) is 10.5. The molecule has 2 rings (SSSR count). The van der Waals surface area contributed by atoms with Crippen molar-refractivity contribution in [3.63, 3.8) is 0 Å². The first kappa shape index (κ1) is 14.7. The highest BCUT2D eigenvalue weighted by Crippen LogP contribution is 2.36. The van der Waals surface area contributed by atoms with Crippen molar-refractivity contribution in [1.82, 2.24) is 4.57 Å². The van der Waals surface area contributed by atoms with Crippen LogP contribution in [0.4, 0.5) is 0 Å². The molecule has 0 radical (unpaired) electrons. The average molecular weight is 293 g/mol. The minimum atomic E-state index is -0.898. The Morgan fingerprint density at radius 3 is 2.24 bits per heavy atom. The molecule has 0 fully saturated rings. The smallest absolute Gasteiger partial charge is 0.347 e. The first-order valence-corrected chi connectivity index (χ1v) is 6.02. The zero-order valence-corrected chi connectivity index (χ0v) is 12.1. The zero-order valence-electron chi connectivity index (χ0n) is 12.1. The van der Waals surface area contributed by atoms with Gasteiger partial charge in [-0.25, -0.2) is 4.79 Å². The number of hydrogen-bond acceptors (Lipinski definition) is 6. The van der Waals surface area contributed by atoms with Gasteiger partial charge < -0.3 is 23.9 Å². The van der Waals surface area contributed by atoms with Crippen molar-refractivity contribution in [3.05, 3.63) is 28.0 Å². The molecule has 1 heterocycles. The molecule has 1 aromatic heterocycles. The first-order valence-electron chi connectivity index (χ1n) is 6.02. The van der Waals surface area contributed by atoms with Crippen LogP contribution in [0.25, 0.3) is 10.9 Å². The summed E-state index contributed by atoms with van der Waals surface area (Å²) in [5, 5.41) is 10.5. The molecule has 0 saturated heterocycles. The Morgan fingerprint density at radius 2 is 1.71 bits per heavy atom. The number of carbonyl (C=O) groups is 1. The maximum atomic E-state index is 12.2. The fourth-order valence-electron chi connectivity index (χ4n) is 2.13. The predicted octanol–water partition coefficient (Wildman–Crippen LogP) is 1.05. The van der Waals surface area contributed by atoms with Crippen molar-refractivity contribution < 1.29 is 24.1 Å². The molecule has 0 aliphatic carbocycles. The van der Waals surface area contributed by atoms with Crippen molar-refractivity contribution in [2.24, 2.45) is 7.05 Å². The van der Waals surface area contributed by atoms with Gasteiger partial charge in [0, 0.05) is 18.5 Å². The lowest BCUT2D eigenvalue weighted by molar-refractivity contribution is 0.0595. The number of aromatic nitrogens is 1. The summed E-state index contributed by atoms with van der Waals surface area (Å²) in [6.45, 7) is 0. The summed E-state index contributed by atoms with van der Waals surface area (Å²) in [6, 6.07) is 3.05. The third-order valence-electron chi connectivity index (χ3n) is 3.26. The molecular formula is C14H15NO6. The van der Waals surface area contributed by atoms with Crippen LogP contribution in [0.3, 0.4) is 0 Å². The van der Waals surface area contributed by atoms with E-state index >= 15 is 0 Å². The minimum Gasteiger partial charge on any atom is -0.506 e. The third-order valence-corrected chi connectivity index (χ3v) is 3.26. The standard InChI is InChI=1S/C14H15NO6/c1-15-8-6-10(20-3)9(19-2)5-7(8)12(16)11(13(15)17)14(18)21-4/h5-6,16H,1-4H3. The number of benzene rings is 1. The Hall–Kier alpha value is -2.70. The van der Waals surface area contributed by atoms with Gasteiger partial charge in [-0.1, -0.05) is 0 Å². The molecule has 0 saturated carbocycles. The van der Waals surface area contributed by atoms with Gasteiger partial charge in [0.2, 0.25) is 0 Å². The molecule has 21 heavy (non-hydrogen) atoms. The molecule has 0 bridgehead atoms. The summed E-state index contributed by atoms with van der Waals surface area (Å²) in [4.78, 5) is 23.9. The van der Waals surface area contributed by atoms with Gasteiger partial charge in [0.1, 0.15) is 5.75 Å². The van der Waals surface area contributed by atoms with Gasteiger partial charge in [0.15, 0.2) is 17.1 Å². The molecule has 0 amide bonds. The number of esters is 1. The lowest BCUT2D eigenvalue weighted by Gasteiger charge is -2.14. The SMILES string of the molecule is COC(=O)c1c(O)c2cc(OC)c(OC)cc2n(C)c1=O. The summed E-state index contributed by atoms with van der Waals surface area (Å²) in [5.74, 6) is -0.564. The number of pyridine rings is 1. The topological polar surface area (TPSA) is 87.0 Å². The van der Waals surface area contributed by atoms with Gasteiger partial charge in [-0.2, -0.15) is 0 Å². The fourth-order valence-corrected chi connectivity index (χ4v) is 2.13. The van der Waals surface area contributed by atoms with Crippen molar-refractivity contribution in [1.29, 1.82) is 0 Å². The number of methoxy groups -OCH3 is 3. The molecule has 0 unspecified atom stereocenters. The van der Waals surface area contributed by atoms with Crippen LogP contribution in [-0.4, -0.2) is 37.0 Å². The number of rotatable bonds is 3. The Labute approximate surface area is 120 Å². The van der Waals surface area contributed by atoms with E-state index in [2.05, 4.69) is 4.74 Å². The molecular weight excluding hydrogens is 278 g/mol. The van der Waals surface area contributed by atoms with Crippen LogP contribution in [0.15, 0.2) is 16.9 Å². The molecule has 1 N–H and O–H groups in total. The Morgan fingerprint density at radius 1 is 1.14 bits per heavy atom. The van der Waals surface area contributed by atoms with Crippen molar-refractivity contribution in [3.8, 4) is 17.2 Å². The molecule has 2 aromatic rings. The second kappa shape index (κ2) is 5.35. The Bertz CT molecular complexity index is 777. The monoisotopic (exact) mass is 293 g/mol. The maximum absolute atomic E-state index is 12.2. The fraction of sp³-hybridized carbons (Fsp3) is 0.286. The van der Waals surface area contributed by atoms with Gasteiger partial charge in [0.05, 0.1) is 26.8 Å². The number of fused-ring (bicyclic) bond motifs is 1. The predicted molar refractivity (Wildman–Crippen MR) is 75.3 cm³/mol. The summed E-state index contributed by atoms with van der Waals surface area (Å²) in [7, 11) is 5.54. The highest BCUT2D eigenvalue weighted by Gasteiger charge is 2.23. The van der Waals surface area contributed by atoms with Crippen LogP contribution in [0, 0.1) is 0 Å². The number of ether oxygens (including phenoxy) is 3. The molecule has 7 nitrogen and oxygen atoms in total. The van der Waals surface area contributed by atoms with Gasteiger partial charge in [-0.15, -0.1) is 0 Å². The second-order valence-electron chi connectivity index (χ2n) is 4.30. The average Bonchev–Trinajstić information content (AvgIpc) is 2.51. The summed E-state index contributed by atoms with van der Waals surface area (Å²) < 4.78 is 16.1. The molecule has 0 aliphatic heterocycles. The van der Waals surface area contributed by atoms with Crippen LogP contribution >= 0.6 is 0 Å². The number of carbonyl (C=O) groups excluding carboxylic acids is 1. The molecule has 7 heteroatoms. The molecule has 0 spiro atoms. The Balaban J connectivity index is 2.96. The number of nitrogens with zero attached hydrogens (tertiary/aromatic N) is 1. The van der Waals surface area contributed by atoms with E-state index in [0.29, 0.717) is 17.0 Å². The largest absolute Gasteiger partial charge is 0.506 e. The van der Waals surface area contributed by atoms with Crippen LogP contribution in [0.5, 0.6) is 17.2 Å². The maximum Gasteiger partial charge on any atom is 0.347 e. The minimum absolute atomic E-state index is 0.287. The molecule has 112 valence electrons. The first-order chi connectivity index (χ1) is 9.96. The van der Waals surface area contributed by atoms with E-state index in [4.69, 9.17) is 9.47 Å². The highest BCUT2D eigenvalue weighted by atomic mass is 16.5. The summed E-state index contributed by atoms with van der Waals surface area (Å²) in [5.41, 5.74) is -0.665. The van der Waals surface area contributed by atoms with Crippen LogP contribution in [0.2, 0.25) is 0 Å². The van der Waals surface area contributed by atoms with Crippen LogP contribution < -0.4 is 15.0 Å². The van der Waals surface area contributed by atoms with Crippen molar-refractivity contribution >= 4 is 16.9 Å². The van der Waals surface area contributed by atoms with E-state index in [-0.39, 0.29) is 5.39 Å². The Kier molecular flexibility index (Phi) is 3.75. The van der Waals surface area contributed by atoms with E-state index in [0.717, 1.165) is 7.11 Å². The second-order valence-corrected chi connectivity index (χ2v) is 4.30. The third kappa shape index (κ3) is 2.16. The molecule has 1 aromatic carbocycles. The van der Waals surface area contributed by atoms with E-state index in [1.165, 1.54) is 31.9 Å². The van der Waals surface area contributed by atoms with E-state index in [1.807, 2.05) is 0 Å². The van der Waals surface area contributed by atoms with E-state index < -0.39 is 22.8 Å². The zero-order chi connectivity index (χ0) is 15.7. The van der Waals surface area contributed by atoms with Crippen molar-refractivity contribution in [2.75, 3.05) is 21.3 Å². The van der Waals surface area contributed by atoms with E-state index in [1.54, 1.807) is 6.07 Å². The van der Waals surface area contributed by atoms with Gasteiger partial charge in [-0.3, -0.25) is 4.79 Å². The summed E-state index contributed by atoms with van der Waals surface area (Å²) in [6.07, 6.45) is 0. The van der Waals surface area contributed by atoms with Gasteiger partial charge >= 0.3 is 5.97 Å². The number of aryl methyl sites for hydroxylation is 1. The molecule has 0 atom stereocenters. The van der Waals surface area contributed by atoms with Crippen LogP contribution in [0.1, 0.15) is 10.4 Å². The quantitative estimate of drug-likeness (QED) is 0.851. The lowest BCUT2D eigenvalue weighted by Crippen LogP contribution is -2.25. The number of aromatic hydroxyl groups is 1. The van der Waals surface area contributed by atoms with Gasteiger partial charge in [0.25, 0.3) is 5.56 Å². The molecule has 0 aliphatic rings. The number of hydrogen-bond donors (Lipinski definition) is 1.